The molecule has 4 atom stereocenters. The maximum Gasteiger partial charge on any atom is 0.306 e. The van der Waals surface area contributed by atoms with Gasteiger partial charge in [0.2, 0.25) is 0 Å². The van der Waals surface area contributed by atoms with Gasteiger partial charge in [-0.25, -0.2) is 0 Å². The topological polar surface area (TPSA) is 58.6 Å². The number of carboxylic acids is 1. The first-order chi connectivity index (χ1) is 8.74. The molecular formula is C14H23NO3. The monoisotopic (exact) mass is 253 g/mol. The van der Waals surface area contributed by atoms with Gasteiger partial charge in [0.15, 0.2) is 0 Å². The molecule has 4 nitrogen and oxygen atoms in total. The van der Waals surface area contributed by atoms with Crippen LogP contribution in [0.2, 0.25) is 0 Å². The highest BCUT2D eigenvalue weighted by molar-refractivity contribution is 5.70. The summed E-state index contributed by atoms with van der Waals surface area (Å²) in [5.41, 5.74) is 0. The Kier molecular flexibility index (Phi) is 3.57. The zero-order valence-corrected chi connectivity index (χ0v) is 10.8. The predicted molar refractivity (Wildman–Crippen MR) is 67.4 cm³/mol. The summed E-state index contributed by atoms with van der Waals surface area (Å²) < 4.78 is 5.83. The van der Waals surface area contributed by atoms with Gasteiger partial charge in [-0.1, -0.05) is 6.42 Å². The number of rotatable bonds is 4. The molecule has 1 saturated heterocycles. The fourth-order valence-electron chi connectivity index (χ4n) is 3.55. The Labute approximate surface area is 108 Å². The molecule has 102 valence electrons. The minimum absolute atomic E-state index is 0.141. The van der Waals surface area contributed by atoms with Crippen molar-refractivity contribution in [2.45, 2.75) is 63.1 Å². The van der Waals surface area contributed by atoms with Gasteiger partial charge in [0.05, 0.1) is 12.0 Å². The van der Waals surface area contributed by atoms with Crippen molar-refractivity contribution in [3.8, 4) is 0 Å². The van der Waals surface area contributed by atoms with Crippen LogP contribution in [-0.2, 0) is 9.53 Å². The quantitative estimate of drug-likeness (QED) is 0.802. The van der Waals surface area contributed by atoms with E-state index in [0.717, 1.165) is 44.6 Å². The molecule has 2 aliphatic carbocycles. The lowest BCUT2D eigenvalue weighted by Crippen LogP contribution is -2.46. The van der Waals surface area contributed by atoms with Crippen molar-refractivity contribution in [3.05, 3.63) is 0 Å². The van der Waals surface area contributed by atoms with Crippen molar-refractivity contribution in [2.75, 3.05) is 6.61 Å². The summed E-state index contributed by atoms with van der Waals surface area (Å²) in [5, 5.41) is 12.8. The normalized spacial score (nSPS) is 40.9. The molecular weight excluding hydrogens is 230 g/mol. The van der Waals surface area contributed by atoms with Crippen LogP contribution in [0.5, 0.6) is 0 Å². The molecule has 1 heterocycles. The Morgan fingerprint density at radius 2 is 2.00 bits per heavy atom. The second-order valence-electron chi connectivity index (χ2n) is 6.13. The Balaban J connectivity index is 1.53. The third kappa shape index (κ3) is 2.69. The minimum Gasteiger partial charge on any atom is -0.481 e. The van der Waals surface area contributed by atoms with Crippen molar-refractivity contribution in [1.29, 1.82) is 0 Å². The largest absolute Gasteiger partial charge is 0.481 e. The number of nitrogens with one attached hydrogen (secondary N) is 1. The van der Waals surface area contributed by atoms with Crippen molar-refractivity contribution >= 4 is 5.97 Å². The molecule has 3 aliphatic rings. The Hall–Kier alpha value is -0.610. The van der Waals surface area contributed by atoms with E-state index in [-0.39, 0.29) is 5.92 Å². The maximum atomic E-state index is 11.1. The molecule has 4 unspecified atom stereocenters. The van der Waals surface area contributed by atoms with Crippen molar-refractivity contribution in [2.24, 2.45) is 11.8 Å². The molecule has 3 rings (SSSR count). The maximum absolute atomic E-state index is 11.1. The Morgan fingerprint density at radius 3 is 2.72 bits per heavy atom. The smallest absolute Gasteiger partial charge is 0.306 e. The number of carbonyl (C=O) groups is 1. The molecule has 0 bridgehead atoms. The van der Waals surface area contributed by atoms with Crippen molar-refractivity contribution in [1.82, 2.24) is 5.32 Å². The van der Waals surface area contributed by atoms with E-state index in [4.69, 9.17) is 9.84 Å². The fourth-order valence-corrected chi connectivity index (χ4v) is 3.55. The van der Waals surface area contributed by atoms with Gasteiger partial charge < -0.3 is 15.2 Å². The van der Waals surface area contributed by atoms with E-state index in [9.17, 15) is 4.79 Å². The molecule has 0 amide bonds. The molecule has 0 spiro atoms. The summed E-state index contributed by atoms with van der Waals surface area (Å²) in [6.45, 7) is 0.869. The van der Waals surface area contributed by atoms with Crippen LogP contribution < -0.4 is 5.32 Å². The average molecular weight is 253 g/mol. The molecule has 2 saturated carbocycles. The first-order valence-corrected chi connectivity index (χ1v) is 7.34. The van der Waals surface area contributed by atoms with E-state index in [1.54, 1.807) is 0 Å². The Bertz CT molecular complexity index is 316. The van der Waals surface area contributed by atoms with Gasteiger partial charge in [-0.15, -0.1) is 0 Å². The first-order valence-electron chi connectivity index (χ1n) is 7.34. The van der Waals surface area contributed by atoms with Gasteiger partial charge in [-0.2, -0.15) is 0 Å². The molecule has 1 aliphatic heterocycles. The van der Waals surface area contributed by atoms with Crippen LogP contribution in [0.4, 0.5) is 0 Å². The van der Waals surface area contributed by atoms with Crippen LogP contribution in [0, 0.1) is 11.8 Å². The van der Waals surface area contributed by atoms with E-state index in [1.165, 1.54) is 12.8 Å². The minimum atomic E-state index is -0.622. The van der Waals surface area contributed by atoms with Crippen LogP contribution in [0.1, 0.15) is 44.9 Å². The molecule has 0 radical (unpaired) electrons. The summed E-state index contributed by atoms with van der Waals surface area (Å²) in [5.74, 6) is 0.00437. The molecule has 0 aromatic carbocycles. The predicted octanol–water partition coefficient (Wildman–Crippen LogP) is 1.79. The molecule has 18 heavy (non-hydrogen) atoms. The summed E-state index contributed by atoms with van der Waals surface area (Å²) >= 11 is 0. The van der Waals surface area contributed by atoms with E-state index in [2.05, 4.69) is 5.32 Å². The van der Waals surface area contributed by atoms with Gasteiger partial charge in [0, 0.05) is 18.7 Å². The highest BCUT2D eigenvalue weighted by Gasteiger charge is 2.41. The number of hydrogen-bond donors (Lipinski definition) is 2. The zero-order valence-electron chi connectivity index (χ0n) is 10.8. The summed E-state index contributed by atoms with van der Waals surface area (Å²) in [7, 11) is 0. The van der Waals surface area contributed by atoms with Crippen LogP contribution in [0.3, 0.4) is 0 Å². The van der Waals surface area contributed by atoms with Gasteiger partial charge >= 0.3 is 5.97 Å². The first kappa shape index (κ1) is 12.4. The van der Waals surface area contributed by atoms with E-state index >= 15 is 0 Å². The van der Waals surface area contributed by atoms with Crippen LogP contribution >= 0.6 is 0 Å². The lowest BCUT2D eigenvalue weighted by atomic mass is 9.85. The molecule has 0 aromatic heterocycles. The molecule has 2 N–H and O–H groups in total. The number of carboxylic acid groups (broad SMARTS) is 1. The molecule has 0 aromatic rings. The number of hydrogen-bond acceptors (Lipinski definition) is 3. The van der Waals surface area contributed by atoms with Gasteiger partial charge in [0.25, 0.3) is 0 Å². The van der Waals surface area contributed by atoms with E-state index < -0.39 is 5.97 Å². The summed E-state index contributed by atoms with van der Waals surface area (Å²) in [4.78, 5) is 11.1. The summed E-state index contributed by atoms with van der Waals surface area (Å²) in [6.07, 6.45) is 7.92. The van der Waals surface area contributed by atoms with E-state index in [1.807, 2.05) is 0 Å². The third-order valence-electron chi connectivity index (χ3n) is 4.70. The van der Waals surface area contributed by atoms with Gasteiger partial charge in [-0.05, 0) is 44.4 Å². The van der Waals surface area contributed by atoms with Crippen molar-refractivity contribution in [3.63, 3.8) is 0 Å². The second-order valence-corrected chi connectivity index (χ2v) is 6.13. The Morgan fingerprint density at radius 1 is 1.17 bits per heavy atom. The van der Waals surface area contributed by atoms with Crippen molar-refractivity contribution < 1.29 is 14.6 Å². The average Bonchev–Trinajstić information content (AvgIpc) is 3.11. The number of ether oxygens (including phenoxy) is 1. The van der Waals surface area contributed by atoms with Gasteiger partial charge in [0.1, 0.15) is 0 Å². The van der Waals surface area contributed by atoms with E-state index in [0.29, 0.717) is 18.2 Å². The van der Waals surface area contributed by atoms with Gasteiger partial charge in [-0.3, -0.25) is 4.79 Å². The molecule has 3 fully saturated rings. The fraction of sp³-hybridized carbons (Fsp3) is 0.929. The third-order valence-corrected chi connectivity index (χ3v) is 4.70. The number of aliphatic carboxylic acids is 1. The highest BCUT2D eigenvalue weighted by Crippen LogP contribution is 2.39. The van der Waals surface area contributed by atoms with Crippen LogP contribution in [-0.4, -0.2) is 35.9 Å². The zero-order chi connectivity index (χ0) is 12.5. The van der Waals surface area contributed by atoms with Crippen LogP contribution in [0.25, 0.3) is 0 Å². The molecule has 4 heteroatoms. The van der Waals surface area contributed by atoms with Crippen LogP contribution in [0.15, 0.2) is 0 Å². The standard InChI is InChI=1S/C14H23NO3/c16-14(17)10-2-1-3-11(8-10)15-12-6-7-18-13(12)9-4-5-9/h9-13,15H,1-8H2,(H,16,17). The second kappa shape index (κ2) is 5.17. The highest BCUT2D eigenvalue weighted by atomic mass is 16.5. The lowest BCUT2D eigenvalue weighted by molar-refractivity contribution is -0.143. The summed E-state index contributed by atoms with van der Waals surface area (Å²) in [6, 6.07) is 0.850. The lowest BCUT2D eigenvalue weighted by Gasteiger charge is -2.31. The SMILES string of the molecule is O=C(O)C1CCCC(NC2CCOC2C2CC2)C1.